The minimum atomic E-state index is -0.0110. The first-order valence-corrected chi connectivity index (χ1v) is 7.29. The van der Waals surface area contributed by atoms with Gasteiger partial charge in [-0.05, 0) is 32.6 Å². The quantitative estimate of drug-likeness (QED) is 0.900. The fourth-order valence-electron chi connectivity index (χ4n) is 3.13. The minimum Gasteiger partial charge on any atom is -0.333 e. The maximum atomic E-state index is 12.2. The van der Waals surface area contributed by atoms with E-state index >= 15 is 0 Å². The lowest BCUT2D eigenvalue weighted by molar-refractivity contribution is -0.133. The third-order valence-electron chi connectivity index (χ3n) is 4.27. The highest BCUT2D eigenvalue weighted by Gasteiger charge is 2.36. The number of imidazole rings is 1. The van der Waals surface area contributed by atoms with Gasteiger partial charge >= 0.3 is 0 Å². The first-order chi connectivity index (χ1) is 9.22. The van der Waals surface area contributed by atoms with Gasteiger partial charge in [-0.1, -0.05) is 0 Å². The molecule has 5 nitrogen and oxygen atoms in total. The standard InChI is InChI=1S/C14H22N4O/c1-2-17-13(19)5-3-4-11(15)14(17)12-8-16-9-18(12)10-6-7-10/h8-11,14H,2-7,15H2,1H3. The van der Waals surface area contributed by atoms with Crippen LogP contribution in [-0.4, -0.2) is 32.9 Å². The predicted octanol–water partition coefficient (Wildman–Crippen LogP) is 1.62. The summed E-state index contributed by atoms with van der Waals surface area (Å²) in [7, 11) is 0. The van der Waals surface area contributed by atoms with E-state index in [1.165, 1.54) is 12.8 Å². The molecule has 2 heterocycles. The van der Waals surface area contributed by atoms with Crippen molar-refractivity contribution < 1.29 is 4.79 Å². The van der Waals surface area contributed by atoms with Gasteiger partial charge in [0.2, 0.25) is 5.91 Å². The summed E-state index contributed by atoms with van der Waals surface area (Å²) >= 11 is 0. The average molecular weight is 262 g/mol. The molecule has 1 saturated heterocycles. The topological polar surface area (TPSA) is 64.2 Å². The number of hydrogen-bond donors (Lipinski definition) is 1. The first-order valence-electron chi connectivity index (χ1n) is 7.29. The largest absolute Gasteiger partial charge is 0.333 e. The number of carbonyl (C=O) groups is 1. The Hall–Kier alpha value is -1.36. The van der Waals surface area contributed by atoms with Crippen LogP contribution in [0.4, 0.5) is 0 Å². The monoisotopic (exact) mass is 262 g/mol. The molecule has 0 radical (unpaired) electrons. The number of nitrogens with zero attached hydrogens (tertiary/aromatic N) is 3. The van der Waals surface area contributed by atoms with Gasteiger partial charge in [-0.15, -0.1) is 0 Å². The van der Waals surface area contributed by atoms with E-state index in [4.69, 9.17) is 5.73 Å². The van der Waals surface area contributed by atoms with E-state index in [1.54, 1.807) is 0 Å². The molecule has 5 heteroatoms. The van der Waals surface area contributed by atoms with Gasteiger partial charge in [0.25, 0.3) is 0 Å². The van der Waals surface area contributed by atoms with Crippen LogP contribution < -0.4 is 5.73 Å². The van der Waals surface area contributed by atoms with Crippen LogP contribution in [0, 0.1) is 0 Å². The normalized spacial score (nSPS) is 28.5. The Kier molecular flexibility index (Phi) is 3.31. The molecule has 0 aromatic carbocycles. The Morgan fingerprint density at radius 1 is 1.42 bits per heavy atom. The van der Waals surface area contributed by atoms with E-state index in [1.807, 2.05) is 24.3 Å². The van der Waals surface area contributed by atoms with E-state index in [0.717, 1.165) is 18.5 Å². The van der Waals surface area contributed by atoms with Crippen molar-refractivity contribution >= 4 is 5.91 Å². The Bertz CT molecular complexity index is 466. The highest BCUT2D eigenvalue weighted by atomic mass is 16.2. The van der Waals surface area contributed by atoms with E-state index in [0.29, 0.717) is 19.0 Å². The van der Waals surface area contributed by atoms with Gasteiger partial charge in [0.05, 0.1) is 24.3 Å². The van der Waals surface area contributed by atoms with Crippen molar-refractivity contribution in [3.8, 4) is 0 Å². The van der Waals surface area contributed by atoms with E-state index in [2.05, 4.69) is 9.55 Å². The van der Waals surface area contributed by atoms with Crippen LogP contribution in [0.2, 0.25) is 0 Å². The Morgan fingerprint density at radius 2 is 2.21 bits per heavy atom. The summed E-state index contributed by atoms with van der Waals surface area (Å²) < 4.78 is 2.23. The summed E-state index contributed by atoms with van der Waals surface area (Å²) in [5.74, 6) is 0.226. The molecule has 2 unspecified atom stereocenters. The third-order valence-corrected chi connectivity index (χ3v) is 4.27. The van der Waals surface area contributed by atoms with Gasteiger partial charge in [0.1, 0.15) is 0 Å². The van der Waals surface area contributed by atoms with Gasteiger partial charge < -0.3 is 15.2 Å². The molecule has 19 heavy (non-hydrogen) atoms. The number of amides is 1. The second-order valence-electron chi connectivity index (χ2n) is 5.64. The molecule has 104 valence electrons. The number of aromatic nitrogens is 2. The van der Waals surface area contributed by atoms with Crippen molar-refractivity contribution in [3.63, 3.8) is 0 Å². The highest BCUT2D eigenvalue weighted by molar-refractivity contribution is 5.77. The highest BCUT2D eigenvalue weighted by Crippen LogP contribution is 2.39. The van der Waals surface area contributed by atoms with Crippen molar-refractivity contribution in [2.45, 2.75) is 57.2 Å². The fourth-order valence-corrected chi connectivity index (χ4v) is 3.13. The lowest BCUT2D eigenvalue weighted by Crippen LogP contribution is -2.43. The molecular weight excluding hydrogens is 240 g/mol. The summed E-state index contributed by atoms with van der Waals surface area (Å²) in [5, 5.41) is 0. The van der Waals surface area contributed by atoms with Gasteiger partial charge in [-0.25, -0.2) is 4.98 Å². The predicted molar refractivity (Wildman–Crippen MR) is 72.5 cm³/mol. The molecule has 2 fully saturated rings. The Morgan fingerprint density at radius 3 is 2.89 bits per heavy atom. The van der Waals surface area contributed by atoms with Crippen LogP contribution in [-0.2, 0) is 4.79 Å². The van der Waals surface area contributed by atoms with Crippen LogP contribution in [0.1, 0.15) is 56.8 Å². The minimum absolute atomic E-state index is 0.0110. The molecule has 2 N–H and O–H groups in total. The maximum Gasteiger partial charge on any atom is 0.223 e. The maximum absolute atomic E-state index is 12.2. The van der Waals surface area contributed by atoms with E-state index in [-0.39, 0.29) is 18.0 Å². The van der Waals surface area contributed by atoms with Crippen LogP contribution in [0.3, 0.4) is 0 Å². The number of likely N-dealkylation sites (N-methyl/N-ethyl adjacent to an activating group) is 1. The lowest BCUT2D eigenvalue weighted by atomic mass is 10.0. The van der Waals surface area contributed by atoms with Gasteiger partial charge in [-0.3, -0.25) is 4.79 Å². The summed E-state index contributed by atoms with van der Waals surface area (Å²) in [4.78, 5) is 18.5. The van der Waals surface area contributed by atoms with Crippen molar-refractivity contribution in [2.24, 2.45) is 5.73 Å². The van der Waals surface area contributed by atoms with Crippen LogP contribution in [0.25, 0.3) is 0 Å². The molecule has 2 atom stereocenters. The SMILES string of the molecule is CCN1C(=O)CCCC(N)C1c1cncn1C1CC1. The second kappa shape index (κ2) is 4.96. The summed E-state index contributed by atoms with van der Waals surface area (Å²) in [6, 6.07) is 0.575. The van der Waals surface area contributed by atoms with Crippen LogP contribution >= 0.6 is 0 Å². The fraction of sp³-hybridized carbons (Fsp3) is 0.714. The van der Waals surface area contributed by atoms with Crippen molar-refractivity contribution in [3.05, 3.63) is 18.2 Å². The number of nitrogens with two attached hydrogens (primary N) is 1. The van der Waals surface area contributed by atoms with Crippen molar-refractivity contribution in [1.82, 2.24) is 14.5 Å². The van der Waals surface area contributed by atoms with Crippen molar-refractivity contribution in [2.75, 3.05) is 6.54 Å². The molecule has 0 bridgehead atoms. The third kappa shape index (κ3) is 2.27. The lowest BCUT2D eigenvalue weighted by Gasteiger charge is -2.33. The average Bonchev–Trinajstić information content (AvgIpc) is 3.15. The second-order valence-corrected chi connectivity index (χ2v) is 5.64. The summed E-state index contributed by atoms with van der Waals surface area (Å²) in [6.45, 7) is 2.74. The number of likely N-dealkylation sites (tertiary alicyclic amines) is 1. The zero-order valence-corrected chi connectivity index (χ0v) is 11.5. The Labute approximate surface area is 113 Å². The molecule has 1 saturated carbocycles. The summed E-state index contributed by atoms with van der Waals surface area (Å²) in [6.07, 6.45) is 8.63. The molecule has 2 aliphatic rings. The number of carbonyl (C=O) groups excluding carboxylic acids is 1. The van der Waals surface area contributed by atoms with Crippen LogP contribution in [0.5, 0.6) is 0 Å². The molecule has 1 amide bonds. The van der Waals surface area contributed by atoms with E-state index in [9.17, 15) is 4.79 Å². The van der Waals surface area contributed by atoms with Gasteiger partial charge in [0, 0.05) is 25.0 Å². The number of rotatable bonds is 3. The van der Waals surface area contributed by atoms with E-state index < -0.39 is 0 Å². The zero-order chi connectivity index (χ0) is 13.4. The molecule has 1 aromatic heterocycles. The molecule has 0 spiro atoms. The molecule has 3 rings (SSSR count). The van der Waals surface area contributed by atoms with Gasteiger partial charge in [-0.2, -0.15) is 0 Å². The Balaban J connectivity index is 1.97. The molecular formula is C14H22N4O. The van der Waals surface area contributed by atoms with Crippen molar-refractivity contribution in [1.29, 1.82) is 0 Å². The zero-order valence-electron chi connectivity index (χ0n) is 11.5. The molecule has 1 aliphatic carbocycles. The molecule has 1 aliphatic heterocycles. The summed E-state index contributed by atoms with van der Waals surface area (Å²) in [5.41, 5.74) is 7.47. The number of hydrogen-bond acceptors (Lipinski definition) is 3. The van der Waals surface area contributed by atoms with Gasteiger partial charge in [0.15, 0.2) is 0 Å². The molecule has 1 aromatic rings. The first kappa shape index (κ1) is 12.7. The van der Waals surface area contributed by atoms with Crippen LogP contribution in [0.15, 0.2) is 12.5 Å². The smallest absolute Gasteiger partial charge is 0.223 e.